The lowest BCUT2D eigenvalue weighted by molar-refractivity contribution is -0.660. The van der Waals surface area contributed by atoms with Crippen molar-refractivity contribution in [1.82, 2.24) is 0 Å². The van der Waals surface area contributed by atoms with Gasteiger partial charge in [0, 0.05) is 17.7 Å². The summed E-state index contributed by atoms with van der Waals surface area (Å²) in [4.78, 5) is 0. The van der Waals surface area contributed by atoms with Crippen molar-refractivity contribution in [3.63, 3.8) is 0 Å². The number of benzene rings is 1. The molecule has 1 heteroatoms. The smallest absolute Gasteiger partial charge is 0.201 e. The van der Waals surface area contributed by atoms with Gasteiger partial charge in [-0.3, -0.25) is 0 Å². The number of aryl methyl sites for hydroxylation is 3. The van der Waals surface area contributed by atoms with E-state index in [0.717, 1.165) is 0 Å². The van der Waals surface area contributed by atoms with Crippen LogP contribution in [0.15, 0.2) is 36.5 Å². The molecule has 0 amide bonds. The molecule has 0 aliphatic heterocycles. The van der Waals surface area contributed by atoms with E-state index in [2.05, 4.69) is 82.8 Å². The molecular weight excluding hydrogens is 230 g/mol. The van der Waals surface area contributed by atoms with Gasteiger partial charge in [0.15, 0.2) is 6.20 Å². The first kappa shape index (κ1) is 13.8. The monoisotopic (exact) mass is 254 g/mol. The van der Waals surface area contributed by atoms with E-state index in [4.69, 9.17) is 0 Å². The van der Waals surface area contributed by atoms with Gasteiger partial charge in [-0.2, -0.15) is 0 Å². The SMILES string of the molecule is Cc1cc(C)c(C(C)(C)C)cc1-c1cccc[n+]1C. The van der Waals surface area contributed by atoms with Crippen molar-refractivity contribution in [3.05, 3.63) is 53.2 Å². The van der Waals surface area contributed by atoms with Gasteiger partial charge in [0.05, 0.1) is 0 Å². The summed E-state index contributed by atoms with van der Waals surface area (Å²) in [5.41, 5.74) is 6.93. The summed E-state index contributed by atoms with van der Waals surface area (Å²) in [7, 11) is 2.10. The fourth-order valence-corrected chi connectivity index (χ4v) is 2.74. The molecule has 0 saturated heterocycles. The van der Waals surface area contributed by atoms with E-state index >= 15 is 0 Å². The Labute approximate surface area is 116 Å². The quantitative estimate of drug-likeness (QED) is 0.675. The molecule has 2 rings (SSSR count). The zero-order chi connectivity index (χ0) is 14.2. The first-order valence-corrected chi connectivity index (χ1v) is 6.87. The second kappa shape index (κ2) is 4.80. The molecule has 1 aromatic heterocycles. The van der Waals surface area contributed by atoms with E-state index in [1.807, 2.05) is 0 Å². The van der Waals surface area contributed by atoms with E-state index in [1.54, 1.807) is 0 Å². The van der Waals surface area contributed by atoms with Crippen molar-refractivity contribution < 1.29 is 4.57 Å². The van der Waals surface area contributed by atoms with Gasteiger partial charge in [-0.05, 0) is 48.1 Å². The molecule has 0 unspecified atom stereocenters. The van der Waals surface area contributed by atoms with E-state index < -0.39 is 0 Å². The molecule has 0 spiro atoms. The van der Waals surface area contributed by atoms with Crippen LogP contribution < -0.4 is 4.57 Å². The topological polar surface area (TPSA) is 3.88 Å². The molecule has 0 aliphatic rings. The van der Waals surface area contributed by atoms with Gasteiger partial charge in [-0.15, -0.1) is 0 Å². The highest BCUT2D eigenvalue weighted by atomic mass is 14.9. The number of nitrogens with zero attached hydrogens (tertiary/aromatic N) is 1. The summed E-state index contributed by atoms with van der Waals surface area (Å²) < 4.78 is 2.18. The Kier molecular flexibility index (Phi) is 3.49. The van der Waals surface area contributed by atoms with Gasteiger partial charge < -0.3 is 0 Å². The molecule has 100 valence electrons. The standard InChI is InChI=1S/C18H24N/c1-13-11-14(2)16(18(3,4)5)12-15(13)17-9-7-8-10-19(17)6/h7-12H,1-6H3/q+1. The number of pyridine rings is 1. The van der Waals surface area contributed by atoms with Crippen LogP contribution >= 0.6 is 0 Å². The maximum Gasteiger partial charge on any atom is 0.212 e. The predicted molar refractivity (Wildman–Crippen MR) is 81.2 cm³/mol. The first-order chi connectivity index (χ1) is 8.80. The fourth-order valence-electron chi connectivity index (χ4n) is 2.74. The molecule has 0 aliphatic carbocycles. The fraction of sp³-hybridized carbons (Fsp3) is 0.389. The third-order valence-corrected chi connectivity index (χ3v) is 3.71. The van der Waals surface area contributed by atoms with Crippen molar-refractivity contribution >= 4 is 0 Å². The summed E-state index contributed by atoms with van der Waals surface area (Å²) in [5, 5.41) is 0. The summed E-state index contributed by atoms with van der Waals surface area (Å²) >= 11 is 0. The Balaban J connectivity index is 2.69. The van der Waals surface area contributed by atoms with Gasteiger partial charge >= 0.3 is 0 Å². The van der Waals surface area contributed by atoms with Gasteiger partial charge in [0.1, 0.15) is 7.05 Å². The lowest BCUT2D eigenvalue weighted by atomic mass is 9.82. The van der Waals surface area contributed by atoms with Crippen LogP contribution in [-0.4, -0.2) is 0 Å². The molecule has 0 N–H and O–H groups in total. The lowest BCUT2D eigenvalue weighted by Gasteiger charge is -2.23. The summed E-state index contributed by atoms with van der Waals surface area (Å²) in [6.45, 7) is 11.2. The number of hydrogen-bond acceptors (Lipinski definition) is 0. The molecule has 2 aromatic rings. The average Bonchev–Trinajstić information content (AvgIpc) is 2.29. The Hall–Kier alpha value is -1.63. The minimum absolute atomic E-state index is 0.180. The molecule has 0 atom stereocenters. The van der Waals surface area contributed by atoms with Crippen LogP contribution in [0.5, 0.6) is 0 Å². The molecule has 0 saturated carbocycles. The van der Waals surface area contributed by atoms with Crippen LogP contribution in [0, 0.1) is 13.8 Å². The molecule has 0 bridgehead atoms. The van der Waals surface area contributed by atoms with Crippen molar-refractivity contribution in [3.8, 4) is 11.3 Å². The van der Waals surface area contributed by atoms with Crippen molar-refractivity contribution in [2.75, 3.05) is 0 Å². The van der Waals surface area contributed by atoms with Gasteiger partial charge in [-0.1, -0.05) is 26.8 Å². The summed E-state index contributed by atoms with van der Waals surface area (Å²) in [6.07, 6.45) is 2.10. The van der Waals surface area contributed by atoms with Crippen LogP contribution in [0.3, 0.4) is 0 Å². The maximum atomic E-state index is 2.36. The summed E-state index contributed by atoms with van der Waals surface area (Å²) in [6, 6.07) is 11.0. The largest absolute Gasteiger partial charge is 0.212 e. The third-order valence-electron chi connectivity index (χ3n) is 3.71. The second-order valence-corrected chi connectivity index (χ2v) is 6.43. The van der Waals surface area contributed by atoms with Crippen molar-refractivity contribution in [1.29, 1.82) is 0 Å². The van der Waals surface area contributed by atoms with Crippen LogP contribution in [-0.2, 0) is 12.5 Å². The third kappa shape index (κ3) is 2.70. The highest BCUT2D eigenvalue weighted by Gasteiger charge is 2.20. The zero-order valence-electron chi connectivity index (χ0n) is 12.9. The molecule has 1 heterocycles. The number of aromatic nitrogens is 1. The Morgan fingerprint density at radius 1 is 0.947 bits per heavy atom. The first-order valence-electron chi connectivity index (χ1n) is 6.87. The Morgan fingerprint density at radius 3 is 2.21 bits per heavy atom. The van der Waals surface area contributed by atoms with Gasteiger partial charge in [0.25, 0.3) is 0 Å². The van der Waals surface area contributed by atoms with Gasteiger partial charge in [0.2, 0.25) is 5.69 Å². The Bertz CT molecular complexity index is 604. The van der Waals surface area contributed by atoms with Crippen LogP contribution in [0.4, 0.5) is 0 Å². The maximum absolute atomic E-state index is 2.36. The minimum atomic E-state index is 0.180. The Morgan fingerprint density at radius 2 is 1.63 bits per heavy atom. The van der Waals surface area contributed by atoms with E-state index in [0.29, 0.717) is 0 Å². The molecular formula is C18H24N+. The molecule has 19 heavy (non-hydrogen) atoms. The highest BCUT2D eigenvalue weighted by Crippen LogP contribution is 2.31. The predicted octanol–water partition coefficient (Wildman–Crippen LogP) is 4.09. The minimum Gasteiger partial charge on any atom is -0.201 e. The van der Waals surface area contributed by atoms with Gasteiger partial charge in [-0.25, -0.2) is 4.57 Å². The van der Waals surface area contributed by atoms with Crippen molar-refractivity contribution in [2.45, 2.75) is 40.0 Å². The summed E-state index contributed by atoms with van der Waals surface area (Å²) in [5.74, 6) is 0. The molecule has 1 nitrogen and oxygen atoms in total. The zero-order valence-corrected chi connectivity index (χ0v) is 12.9. The average molecular weight is 254 g/mol. The molecule has 0 radical (unpaired) electrons. The van der Waals surface area contributed by atoms with Crippen LogP contribution in [0.2, 0.25) is 0 Å². The van der Waals surface area contributed by atoms with E-state index in [-0.39, 0.29) is 5.41 Å². The second-order valence-electron chi connectivity index (χ2n) is 6.43. The van der Waals surface area contributed by atoms with E-state index in [1.165, 1.54) is 27.9 Å². The van der Waals surface area contributed by atoms with E-state index in [9.17, 15) is 0 Å². The normalized spacial score (nSPS) is 11.7. The van der Waals surface area contributed by atoms with Crippen LogP contribution in [0.1, 0.15) is 37.5 Å². The van der Waals surface area contributed by atoms with Crippen molar-refractivity contribution in [2.24, 2.45) is 7.05 Å². The molecule has 1 aromatic carbocycles. The molecule has 0 fully saturated rings. The number of hydrogen-bond donors (Lipinski definition) is 0. The van der Waals surface area contributed by atoms with Crippen LogP contribution in [0.25, 0.3) is 11.3 Å². The lowest BCUT2D eigenvalue weighted by Crippen LogP contribution is -2.30. The number of rotatable bonds is 1. The highest BCUT2D eigenvalue weighted by molar-refractivity contribution is 5.63.